The lowest BCUT2D eigenvalue weighted by atomic mass is 10.2. The molecule has 2 aromatic carbocycles. The van der Waals surface area contributed by atoms with Gasteiger partial charge in [0.1, 0.15) is 0 Å². The van der Waals surface area contributed by atoms with Crippen molar-refractivity contribution in [2.45, 2.75) is 34.8 Å². The second-order valence-electron chi connectivity index (χ2n) is 7.70. The summed E-state index contributed by atoms with van der Waals surface area (Å²) in [5.41, 5.74) is 3.61. The molecule has 1 amide bonds. The molecule has 0 aliphatic rings. The summed E-state index contributed by atoms with van der Waals surface area (Å²) in [6.45, 7) is 3.90. The Bertz CT molecular complexity index is 1470. The molecular weight excluding hydrogens is 526 g/mol. The van der Waals surface area contributed by atoms with Gasteiger partial charge in [-0.1, -0.05) is 94.4 Å². The fourth-order valence-corrected chi connectivity index (χ4v) is 6.12. The fraction of sp³-hybridized carbons (Fsp3) is 0.174. The molecule has 4 rings (SSSR count). The second kappa shape index (κ2) is 10.8. The van der Waals surface area contributed by atoms with Crippen molar-refractivity contribution in [1.82, 2.24) is 20.2 Å². The van der Waals surface area contributed by atoms with Crippen LogP contribution in [-0.2, 0) is 21.3 Å². The first kappa shape index (κ1) is 25.2. The number of rotatable bonds is 8. The first-order chi connectivity index (χ1) is 16.7. The molecule has 12 heteroatoms. The number of aromatic nitrogens is 4. The van der Waals surface area contributed by atoms with Gasteiger partial charge in [0.15, 0.2) is 10.0 Å². The molecule has 8 nitrogen and oxygen atoms in total. The minimum Gasteiger partial charge on any atom is -0.295 e. The smallest absolute Gasteiger partial charge is 0.277 e. The summed E-state index contributed by atoms with van der Waals surface area (Å²) in [5.74, 6) is -0.284. The second-order valence-corrected chi connectivity index (χ2v) is 12.2. The summed E-state index contributed by atoms with van der Waals surface area (Å²) in [5, 5.41) is 10.4. The number of thioether (sulfide) groups is 1. The molecule has 0 unspecified atom stereocenters. The van der Waals surface area contributed by atoms with Crippen LogP contribution in [0.25, 0.3) is 0 Å². The van der Waals surface area contributed by atoms with Crippen LogP contribution < -0.4 is 5.32 Å². The molecule has 35 heavy (non-hydrogen) atoms. The van der Waals surface area contributed by atoms with Gasteiger partial charge >= 0.3 is 0 Å². The summed E-state index contributed by atoms with van der Waals surface area (Å²) in [6.07, 6.45) is 1.11. The first-order valence-corrected chi connectivity index (χ1v) is 14.2. The third-order valence-corrected chi connectivity index (χ3v) is 8.55. The van der Waals surface area contributed by atoms with Gasteiger partial charge in [0.2, 0.25) is 20.1 Å². The molecule has 4 aromatic rings. The van der Waals surface area contributed by atoms with Gasteiger partial charge in [-0.3, -0.25) is 10.1 Å². The van der Waals surface area contributed by atoms with Crippen LogP contribution in [0.5, 0.6) is 0 Å². The third kappa shape index (κ3) is 6.63. The highest BCUT2D eigenvalue weighted by Gasteiger charge is 2.24. The molecule has 2 aromatic heterocycles. The first-order valence-electron chi connectivity index (χ1n) is 10.3. The van der Waals surface area contributed by atoms with Gasteiger partial charge in [-0.2, -0.15) is 0 Å². The molecule has 0 saturated heterocycles. The molecular formula is C23H20ClN5O3S3. The Morgan fingerprint density at radius 1 is 1.06 bits per heavy atom. The van der Waals surface area contributed by atoms with E-state index in [1.807, 2.05) is 44.2 Å². The van der Waals surface area contributed by atoms with Crippen LogP contribution in [0.1, 0.15) is 32.7 Å². The Morgan fingerprint density at radius 2 is 1.83 bits per heavy atom. The number of halogens is 1. The molecule has 0 aliphatic heterocycles. The molecule has 180 valence electrons. The molecule has 1 N–H and O–H groups in total. The zero-order valence-electron chi connectivity index (χ0n) is 18.7. The lowest BCUT2D eigenvalue weighted by molar-refractivity contribution is 0.102. The SMILES string of the molecule is Cc1ccc(CSc2nnc(NC(=O)c3nc(S(=O)(=O)Cc4cccc(C)c4)ncc3Cl)s2)cc1. The van der Waals surface area contributed by atoms with E-state index in [0.29, 0.717) is 15.7 Å². The number of carbonyl (C=O) groups excluding carboxylic acids is 1. The normalized spacial score (nSPS) is 11.4. The van der Waals surface area contributed by atoms with Gasteiger partial charge < -0.3 is 0 Å². The molecule has 0 fully saturated rings. The van der Waals surface area contributed by atoms with Crippen LogP contribution in [0.2, 0.25) is 5.02 Å². The highest BCUT2D eigenvalue weighted by atomic mass is 35.5. The standard InChI is InChI=1S/C23H20ClN5O3S3/c1-14-6-8-16(9-7-14)12-33-23-29-28-21(34-23)27-20(30)19-18(24)11-25-22(26-19)35(31,32)13-17-5-3-4-15(2)10-17/h3-11H,12-13H2,1-2H3,(H,27,28,30). The van der Waals surface area contributed by atoms with E-state index >= 15 is 0 Å². The maximum absolute atomic E-state index is 12.8. The van der Waals surface area contributed by atoms with E-state index in [2.05, 4.69) is 25.5 Å². The Kier molecular flexibility index (Phi) is 7.80. The number of anilines is 1. The Hall–Kier alpha value is -2.86. The Balaban J connectivity index is 1.45. The zero-order valence-corrected chi connectivity index (χ0v) is 21.9. The maximum atomic E-state index is 12.8. The van der Waals surface area contributed by atoms with Gasteiger partial charge in [-0.25, -0.2) is 18.4 Å². The number of carbonyl (C=O) groups is 1. The summed E-state index contributed by atoms with van der Waals surface area (Å²) in [6, 6.07) is 15.3. The Morgan fingerprint density at radius 3 is 2.57 bits per heavy atom. The molecule has 2 heterocycles. The number of amides is 1. The largest absolute Gasteiger partial charge is 0.295 e. The summed E-state index contributed by atoms with van der Waals surface area (Å²) in [4.78, 5) is 20.6. The number of aryl methyl sites for hydroxylation is 2. The van der Waals surface area contributed by atoms with E-state index in [9.17, 15) is 13.2 Å². The molecule has 0 atom stereocenters. The number of nitrogens with one attached hydrogen (secondary N) is 1. The average molecular weight is 546 g/mol. The average Bonchev–Trinajstić information content (AvgIpc) is 3.25. The summed E-state index contributed by atoms with van der Waals surface area (Å²) in [7, 11) is -3.90. The number of hydrogen-bond donors (Lipinski definition) is 1. The molecule has 0 aliphatic carbocycles. The summed E-state index contributed by atoms with van der Waals surface area (Å²) >= 11 is 8.80. The van der Waals surface area contributed by atoms with E-state index in [4.69, 9.17) is 11.6 Å². The lowest BCUT2D eigenvalue weighted by Gasteiger charge is -2.07. The topological polar surface area (TPSA) is 115 Å². The van der Waals surface area contributed by atoms with Crippen molar-refractivity contribution in [3.05, 3.63) is 87.7 Å². The van der Waals surface area contributed by atoms with E-state index in [1.165, 1.54) is 28.7 Å². The number of benzene rings is 2. The predicted octanol–water partition coefficient (Wildman–Crippen LogP) is 5.12. The van der Waals surface area contributed by atoms with Crippen LogP contribution in [0.15, 0.2) is 64.2 Å². The van der Waals surface area contributed by atoms with Gasteiger partial charge in [0.25, 0.3) is 5.91 Å². The van der Waals surface area contributed by atoms with Crippen LogP contribution in [0, 0.1) is 13.8 Å². The minimum atomic E-state index is -3.90. The van der Waals surface area contributed by atoms with Gasteiger partial charge in [0.05, 0.1) is 17.0 Å². The van der Waals surface area contributed by atoms with Crippen molar-refractivity contribution in [1.29, 1.82) is 0 Å². The van der Waals surface area contributed by atoms with Crippen molar-refractivity contribution in [3.63, 3.8) is 0 Å². The lowest BCUT2D eigenvalue weighted by Crippen LogP contribution is -2.18. The third-order valence-electron chi connectivity index (χ3n) is 4.76. The van der Waals surface area contributed by atoms with Crippen molar-refractivity contribution in [3.8, 4) is 0 Å². The highest BCUT2D eigenvalue weighted by Crippen LogP contribution is 2.29. The van der Waals surface area contributed by atoms with Crippen LogP contribution in [-0.4, -0.2) is 34.5 Å². The highest BCUT2D eigenvalue weighted by molar-refractivity contribution is 8.00. The quantitative estimate of drug-likeness (QED) is 0.184. The van der Waals surface area contributed by atoms with E-state index in [0.717, 1.165) is 17.3 Å². The van der Waals surface area contributed by atoms with Crippen LogP contribution in [0.4, 0.5) is 5.13 Å². The molecule has 0 bridgehead atoms. The van der Waals surface area contributed by atoms with Crippen molar-refractivity contribution in [2.75, 3.05) is 5.32 Å². The maximum Gasteiger partial charge on any atom is 0.277 e. The van der Waals surface area contributed by atoms with E-state index < -0.39 is 20.9 Å². The molecule has 0 spiro atoms. The molecule has 0 saturated carbocycles. The number of sulfone groups is 1. The van der Waals surface area contributed by atoms with Crippen molar-refractivity contribution < 1.29 is 13.2 Å². The van der Waals surface area contributed by atoms with Gasteiger partial charge in [-0.05, 0) is 25.0 Å². The van der Waals surface area contributed by atoms with Crippen LogP contribution in [0.3, 0.4) is 0 Å². The predicted molar refractivity (Wildman–Crippen MR) is 138 cm³/mol. The monoisotopic (exact) mass is 545 g/mol. The van der Waals surface area contributed by atoms with Crippen molar-refractivity contribution in [2.24, 2.45) is 0 Å². The number of hydrogen-bond acceptors (Lipinski definition) is 9. The molecule has 0 radical (unpaired) electrons. The number of nitrogens with zero attached hydrogens (tertiary/aromatic N) is 4. The van der Waals surface area contributed by atoms with Crippen molar-refractivity contribution >= 4 is 55.6 Å². The van der Waals surface area contributed by atoms with Gasteiger partial charge in [-0.15, -0.1) is 10.2 Å². The summed E-state index contributed by atoms with van der Waals surface area (Å²) < 4.78 is 26.4. The van der Waals surface area contributed by atoms with E-state index in [1.54, 1.807) is 18.2 Å². The van der Waals surface area contributed by atoms with Gasteiger partial charge in [0, 0.05) is 5.75 Å². The fourth-order valence-electron chi connectivity index (χ4n) is 3.05. The Labute approximate surface area is 216 Å². The zero-order chi connectivity index (χ0) is 25.0. The minimum absolute atomic E-state index is 0.0736. The van der Waals surface area contributed by atoms with Crippen LogP contribution >= 0.6 is 34.7 Å². The van der Waals surface area contributed by atoms with E-state index in [-0.39, 0.29) is 21.6 Å².